The van der Waals surface area contributed by atoms with E-state index in [-0.39, 0.29) is 35.0 Å². The molecule has 9 heteroatoms. The summed E-state index contributed by atoms with van der Waals surface area (Å²) in [5, 5.41) is 13.4. The molecule has 164 valence electrons. The van der Waals surface area contributed by atoms with Crippen LogP contribution in [0.2, 0.25) is 0 Å². The monoisotopic (exact) mass is 435 g/mol. The van der Waals surface area contributed by atoms with Gasteiger partial charge in [-0.3, -0.25) is 9.59 Å². The molecule has 0 saturated carbocycles. The number of hydrogen-bond donors (Lipinski definition) is 4. The molecule has 4 rings (SSSR count). The van der Waals surface area contributed by atoms with Crippen LogP contribution in [0.1, 0.15) is 39.9 Å². The Bertz CT molecular complexity index is 1230. The SMILES string of the molecule is C[C@]1(O)C(=O)Nc2ncnc(-c3cccc(C(N)=O)c3[C@@H](CN)Cc3cccc(F)c3)c21. The van der Waals surface area contributed by atoms with E-state index in [2.05, 4.69) is 15.3 Å². The van der Waals surface area contributed by atoms with Crippen LogP contribution >= 0.6 is 0 Å². The zero-order valence-corrected chi connectivity index (χ0v) is 17.3. The van der Waals surface area contributed by atoms with Gasteiger partial charge in [-0.15, -0.1) is 0 Å². The molecule has 1 aliphatic rings. The van der Waals surface area contributed by atoms with E-state index in [1.54, 1.807) is 30.3 Å². The first kappa shape index (κ1) is 21.5. The van der Waals surface area contributed by atoms with Gasteiger partial charge in [-0.2, -0.15) is 0 Å². The van der Waals surface area contributed by atoms with Crippen LogP contribution in [-0.4, -0.2) is 33.4 Å². The van der Waals surface area contributed by atoms with Crippen molar-refractivity contribution < 1.29 is 19.1 Å². The molecule has 2 amide bonds. The van der Waals surface area contributed by atoms with Crippen LogP contribution in [0.4, 0.5) is 10.2 Å². The second kappa shape index (κ2) is 8.10. The molecule has 1 aromatic heterocycles. The summed E-state index contributed by atoms with van der Waals surface area (Å²) in [6.07, 6.45) is 1.60. The van der Waals surface area contributed by atoms with Crippen LogP contribution in [-0.2, 0) is 16.8 Å². The minimum Gasteiger partial charge on any atom is -0.375 e. The molecule has 32 heavy (non-hydrogen) atoms. The topological polar surface area (TPSA) is 144 Å². The fraction of sp³-hybridized carbons (Fsp3) is 0.217. The molecule has 0 aliphatic carbocycles. The quantitative estimate of drug-likeness (QED) is 0.465. The molecule has 0 fully saturated rings. The molecule has 0 spiro atoms. The fourth-order valence-corrected chi connectivity index (χ4v) is 4.17. The van der Waals surface area contributed by atoms with E-state index in [4.69, 9.17) is 11.5 Å². The lowest BCUT2D eigenvalue weighted by Gasteiger charge is -2.24. The largest absolute Gasteiger partial charge is 0.375 e. The average Bonchev–Trinajstić information content (AvgIpc) is 3.00. The Balaban J connectivity index is 1.93. The van der Waals surface area contributed by atoms with Crippen molar-refractivity contribution in [2.45, 2.75) is 24.9 Å². The van der Waals surface area contributed by atoms with E-state index < -0.39 is 23.3 Å². The number of nitrogens with one attached hydrogen (secondary N) is 1. The van der Waals surface area contributed by atoms with Gasteiger partial charge in [0.15, 0.2) is 5.60 Å². The van der Waals surface area contributed by atoms with E-state index >= 15 is 0 Å². The predicted octanol–water partition coefficient (Wildman–Crippen LogP) is 1.83. The van der Waals surface area contributed by atoms with Crippen molar-refractivity contribution in [3.8, 4) is 11.3 Å². The molecule has 6 N–H and O–H groups in total. The van der Waals surface area contributed by atoms with Crippen molar-refractivity contribution in [3.05, 3.63) is 76.9 Å². The Morgan fingerprint density at radius 1 is 1.25 bits per heavy atom. The summed E-state index contributed by atoms with van der Waals surface area (Å²) in [5.74, 6) is -1.90. The standard InChI is InChI=1S/C23H22FN5O3/c1-23(32)18-19(27-11-28-21(18)29-22(23)31)15-6-3-7-16(20(26)30)17(15)13(10-25)8-12-4-2-5-14(24)9-12/h2-7,9,11,13,32H,8,10,25H2,1H3,(H2,26,30)(H,27,28,29,31)/t13-,23-/m1/s1. The Kier molecular flexibility index (Phi) is 5.45. The molecule has 8 nitrogen and oxygen atoms in total. The van der Waals surface area contributed by atoms with E-state index in [0.717, 1.165) is 0 Å². The van der Waals surface area contributed by atoms with Gasteiger partial charge in [0.1, 0.15) is 18.0 Å². The summed E-state index contributed by atoms with van der Waals surface area (Å²) in [6.45, 7) is 1.49. The van der Waals surface area contributed by atoms with E-state index in [9.17, 15) is 19.1 Å². The third-order valence-electron chi connectivity index (χ3n) is 5.70. The Morgan fingerprint density at radius 2 is 2.00 bits per heavy atom. The third kappa shape index (κ3) is 3.61. The molecule has 0 bridgehead atoms. The number of primary amides is 1. The highest BCUT2D eigenvalue weighted by molar-refractivity contribution is 6.06. The van der Waals surface area contributed by atoms with E-state index in [1.165, 1.54) is 25.4 Å². The summed E-state index contributed by atoms with van der Waals surface area (Å²) in [6, 6.07) is 11.1. The van der Waals surface area contributed by atoms with Crippen molar-refractivity contribution >= 4 is 17.6 Å². The van der Waals surface area contributed by atoms with Crippen LogP contribution in [0.3, 0.4) is 0 Å². The zero-order chi connectivity index (χ0) is 23.0. The first-order valence-corrected chi connectivity index (χ1v) is 10.0. The fourth-order valence-electron chi connectivity index (χ4n) is 4.17. The van der Waals surface area contributed by atoms with Gasteiger partial charge in [0.2, 0.25) is 5.91 Å². The lowest BCUT2D eigenvalue weighted by molar-refractivity contribution is -0.131. The first-order chi connectivity index (χ1) is 15.2. The highest BCUT2D eigenvalue weighted by Gasteiger charge is 2.45. The molecule has 0 unspecified atom stereocenters. The maximum Gasteiger partial charge on any atom is 0.262 e. The molecular weight excluding hydrogens is 413 g/mol. The highest BCUT2D eigenvalue weighted by atomic mass is 19.1. The van der Waals surface area contributed by atoms with Crippen LogP contribution in [0, 0.1) is 5.82 Å². The van der Waals surface area contributed by atoms with Crippen molar-refractivity contribution in [3.63, 3.8) is 0 Å². The maximum absolute atomic E-state index is 13.8. The van der Waals surface area contributed by atoms with Gasteiger partial charge in [-0.05, 0) is 49.2 Å². The number of halogens is 1. The summed E-state index contributed by atoms with van der Waals surface area (Å²) in [5.41, 5.74) is 12.3. The van der Waals surface area contributed by atoms with Crippen molar-refractivity contribution in [2.75, 3.05) is 11.9 Å². The first-order valence-electron chi connectivity index (χ1n) is 10.0. The summed E-state index contributed by atoms with van der Waals surface area (Å²) >= 11 is 0. The van der Waals surface area contributed by atoms with Gasteiger partial charge in [0.05, 0.1) is 11.3 Å². The van der Waals surface area contributed by atoms with Crippen LogP contribution in [0.25, 0.3) is 11.3 Å². The number of nitrogens with zero attached hydrogens (tertiary/aromatic N) is 2. The summed E-state index contributed by atoms with van der Waals surface area (Å²) in [4.78, 5) is 33.0. The van der Waals surface area contributed by atoms with Crippen molar-refractivity contribution in [2.24, 2.45) is 11.5 Å². The number of amides is 2. The molecule has 2 aromatic carbocycles. The highest BCUT2D eigenvalue weighted by Crippen LogP contribution is 2.42. The number of nitrogens with two attached hydrogens (primary N) is 2. The normalized spacial score (nSPS) is 18.2. The van der Waals surface area contributed by atoms with Gasteiger partial charge < -0.3 is 21.9 Å². The third-order valence-corrected chi connectivity index (χ3v) is 5.70. The van der Waals surface area contributed by atoms with Crippen molar-refractivity contribution in [1.29, 1.82) is 0 Å². The summed E-state index contributed by atoms with van der Waals surface area (Å²) < 4.78 is 13.8. The minimum atomic E-state index is -1.87. The number of aromatic nitrogens is 2. The number of aliphatic hydroxyl groups is 1. The smallest absolute Gasteiger partial charge is 0.262 e. The van der Waals surface area contributed by atoms with E-state index in [0.29, 0.717) is 23.1 Å². The molecule has 2 heterocycles. The Hall–Kier alpha value is -3.69. The van der Waals surface area contributed by atoms with Crippen LogP contribution in [0.15, 0.2) is 48.8 Å². The molecule has 0 radical (unpaired) electrons. The number of anilines is 1. The van der Waals surface area contributed by atoms with Gasteiger partial charge >= 0.3 is 0 Å². The second-order valence-electron chi connectivity index (χ2n) is 7.87. The molecule has 2 atom stereocenters. The molecule has 3 aromatic rings. The number of hydrogen-bond acceptors (Lipinski definition) is 6. The maximum atomic E-state index is 13.8. The van der Waals surface area contributed by atoms with Crippen molar-refractivity contribution in [1.82, 2.24) is 9.97 Å². The predicted molar refractivity (Wildman–Crippen MR) is 116 cm³/mol. The van der Waals surface area contributed by atoms with Crippen LogP contribution in [0.5, 0.6) is 0 Å². The van der Waals surface area contributed by atoms with Gasteiger partial charge in [-0.25, -0.2) is 14.4 Å². The summed E-state index contributed by atoms with van der Waals surface area (Å²) in [7, 11) is 0. The lowest BCUT2D eigenvalue weighted by atomic mass is 9.82. The molecule has 1 aliphatic heterocycles. The van der Waals surface area contributed by atoms with Crippen LogP contribution < -0.4 is 16.8 Å². The van der Waals surface area contributed by atoms with Gasteiger partial charge in [-0.1, -0.05) is 24.3 Å². The number of carbonyl (C=O) groups is 2. The Morgan fingerprint density at radius 3 is 2.69 bits per heavy atom. The Labute approximate surface area is 183 Å². The zero-order valence-electron chi connectivity index (χ0n) is 17.3. The molecular formula is C23H22FN5O3. The lowest BCUT2D eigenvalue weighted by Crippen LogP contribution is -2.31. The van der Waals surface area contributed by atoms with Gasteiger partial charge in [0, 0.05) is 17.0 Å². The second-order valence-corrected chi connectivity index (χ2v) is 7.87. The molecule has 0 saturated heterocycles. The number of carbonyl (C=O) groups excluding carboxylic acids is 2. The minimum absolute atomic E-state index is 0.134. The number of rotatable bonds is 6. The number of benzene rings is 2. The number of fused-ring (bicyclic) bond motifs is 1. The van der Waals surface area contributed by atoms with Gasteiger partial charge in [0.25, 0.3) is 5.91 Å². The average molecular weight is 435 g/mol. The van der Waals surface area contributed by atoms with E-state index in [1.807, 2.05) is 0 Å².